The molecule has 0 aliphatic carbocycles. The number of hydrogen-bond donors (Lipinski definition) is 2. The number of anilines is 2. The predicted molar refractivity (Wildman–Crippen MR) is 75.0 cm³/mol. The molecule has 1 aromatic heterocycles. The highest BCUT2D eigenvalue weighted by Crippen LogP contribution is 2.33. The standard InChI is InChI=1S/C11H11BrN4OS/c12-8-3-6-1-2-17-9(6)7(4-8)5-14-11-15-10(13)16-18-11/h3-4H,1-2,5H2,(H3,13,14,15,16). The van der Waals surface area contributed by atoms with Crippen molar-refractivity contribution < 1.29 is 4.74 Å². The molecular weight excluding hydrogens is 316 g/mol. The maximum atomic E-state index is 5.66. The molecule has 2 aromatic rings. The fourth-order valence-corrected chi connectivity index (χ4v) is 3.00. The average molecular weight is 327 g/mol. The zero-order valence-electron chi connectivity index (χ0n) is 9.44. The molecule has 0 amide bonds. The minimum Gasteiger partial charge on any atom is -0.493 e. The van der Waals surface area contributed by atoms with Crippen molar-refractivity contribution in [3.63, 3.8) is 0 Å². The van der Waals surface area contributed by atoms with Gasteiger partial charge in [0, 0.05) is 34.5 Å². The van der Waals surface area contributed by atoms with Crippen LogP contribution in [0.3, 0.4) is 0 Å². The maximum Gasteiger partial charge on any atom is 0.233 e. The Morgan fingerprint density at radius 3 is 3.17 bits per heavy atom. The Bertz CT molecular complexity index is 586. The Labute approximate surface area is 117 Å². The minimum atomic E-state index is 0.304. The van der Waals surface area contributed by atoms with Gasteiger partial charge < -0.3 is 15.8 Å². The molecule has 0 unspecified atom stereocenters. The van der Waals surface area contributed by atoms with Crippen molar-refractivity contribution in [1.82, 2.24) is 9.36 Å². The van der Waals surface area contributed by atoms with Crippen LogP contribution in [0.25, 0.3) is 0 Å². The summed E-state index contributed by atoms with van der Waals surface area (Å²) in [6, 6.07) is 4.16. The van der Waals surface area contributed by atoms with Crippen LogP contribution in [0.2, 0.25) is 0 Å². The molecule has 94 valence electrons. The van der Waals surface area contributed by atoms with Crippen LogP contribution in [0.5, 0.6) is 5.75 Å². The van der Waals surface area contributed by atoms with E-state index in [1.54, 1.807) is 0 Å². The molecule has 0 saturated carbocycles. The van der Waals surface area contributed by atoms with Crippen molar-refractivity contribution in [3.8, 4) is 5.75 Å². The summed E-state index contributed by atoms with van der Waals surface area (Å²) in [5.74, 6) is 1.29. The lowest BCUT2D eigenvalue weighted by Gasteiger charge is -2.09. The summed E-state index contributed by atoms with van der Waals surface area (Å²) in [4.78, 5) is 4.06. The highest BCUT2D eigenvalue weighted by Gasteiger charge is 2.17. The normalized spacial score (nSPS) is 13.2. The molecule has 0 fully saturated rings. The van der Waals surface area contributed by atoms with Gasteiger partial charge in [-0.25, -0.2) is 0 Å². The summed E-state index contributed by atoms with van der Waals surface area (Å²) in [6.45, 7) is 1.40. The summed E-state index contributed by atoms with van der Waals surface area (Å²) in [5.41, 5.74) is 7.84. The van der Waals surface area contributed by atoms with Crippen LogP contribution in [0.15, 0.2) is 16.6 Å². The van der Waals surface area contributed by atoms with Gasteiger partial charge in [0.2, 0.25) is 11.1 Å². The van der Waals surface area contributed by atoms with E-state index in [0.717, 1.165) is 33.9 Å². The first-order chi connectivity index (χ1) is 8.72. The topological polar surface area (TPSA) is 73.1 Å². The van der Waals surface area contributed by atoms with E-state index in [1.165, 1.54) is 17.1 Å². The highest BCUT2D eigenvalue weighted by molar-refractivity contribution is 9.10. The van der Waals surface area contributed by atoms with Crippen molar-refractivity contribution in [2.75, 3.05) is 17.7 Å². The summed E-state index contributed by atoms with van der Waals surface area (Å²) >= 11 is 4.77. The molecule has 3 N–H and O–H groups in total. The number of hydrogen-bond acceptors (Lipinski definition) is 6. The van der Waals surface area contributed by atoms with Crippen molar-refractivity contribution in [1.29, 1.82) is 0 Å². The number of benzene rings is 1. The average Bonchev–Trinajstić information content (AvgIpc) is 2.94. The van der Waals surface area contributed by atoms with Gasteiger partial charge in [-0.05, 0) is 17.7 Å². The quantitative estimate of drug-likeness (QED) is 0.906. The lowest BCUT2D eigenvalue weighted by molar-refractivity contribution is 0.354. The lowest BCUT2D eigenvalue weighted by atomic mass is 10.1. The largest absolute Gasteiger partial charge is 0.493 e. The maximum absolute atomic E-state index is 5.66. The van der Waals surface area contributed by atoms with Gasteiger partial charge in [0.1, 0.15) is 5.75 Å². The Hall–Kier alpha value is -1.34. The highest BCUT2D eigenvalue weighted by atomic mass is 79.9. The predicted octanol–water partition coefficient (Wildman–Crippen LogP) is 2.43. The van der Waals surface area contributed by atoms with E-state index in [0.29, 0.717) is 12.5 Å². The first-order valence-electron chi connectivity index (χ1n) is 5.49. The van der Waals surface area contributed by atoms with Crippen molar-refractivity contribution >= 4 is 38.5 Å². The first kappa shape index (κ1) is 11.7. The van der Waals surface area contributed by atoms with E-state index >= 15 is 0 Å². The molecule has 3 rings (SSSR count). The van der Waals surface area contributed by atoms with E-state index in [2.05, 4.69) is 42.7 Å². The molecule has 0 saturated heterocycles. The molecule has 1 aliphatic heterocycles. The molecule has 18 heavy (non-hydrogen) atoms. The van der Waals surface area contributed by atoms with Gasteiger partial charge in [0.25, 0.3) is 0 Å². The molecule has 5 nitrogen and oxygen atoms in total. The van der Waals surface area contributed by atoms with Crippen molar-refractivity contribution in [2.24, 2.45) is 0 Å². The van der Waals surface area contributed by atoms with Gasteiger partial charge in [0.15, 0.2) is 0 Å². The number of nitrogens with zero attached hydrogens (tertiary/aromatic N) is 2. The van der Waals surface area contributed by atoms with Gasteiger partial charge in [-0.15, -0.1) is 0 Å². The SMILES string of the molecule is Nc1nsc(NCc2cc(Br)cc3c2OCC3)n1. The third-order valence-electron chi connectivity index (χ3n) is 2.70. The Balaban J connectivity index is 1.80. The summed E-state index contributed by atoms with van der Waals surface area (Å²) in [5, 5.41) is 3.92. The Morgan fingerprint density at radius 1 is 1.50 bits per heavy atom. The summed E-state index contributed by atoms with van der Waals surface area (Å²) in [7, 11) is 0. The number of nitrogens with two attached hydrogens (primary N) is 1. The second kappa shape index (κ2) is 4.74. The second-order valence-corrected chi connectivity index (χ2v) is 5.63. The third-order valence-corrected chi connectivity index (χ3v) is 3.84. The number of fused-ring (bicyclic) bond motifs is 1. The van der Waals surface area contributed by atoms with Crippen LogP contribution in [-0.4, -0.2) is 16.0 Å². The fourth-order valence-electron chi connectivity index (χ4n) is 1.95. The lowest BCUT2D eigenvalue weighted by Crippen LogP contribution is -2.01. The second-order valence-electron chi connectivity index (χ2n) is 3.96. The molecule has 1 aliphatic rings. The minimum absolute atomic E-state index is 0.304. The molecule has 2 heterocycles. The molecular formula is C11H11BrN4OS. The van der Waals surface area contributed by atoms with Gasteiger partial charge >= 0.3 is 0 Å². The number of nitrogen functional groups attached to an aromatic ring is 1. The van der Waals surface area contributed by atoms with Gasteiger partial charge in [0.05, 0.1) is 6.61 Å². The van der Waals surface area contributed by atoms with Crippen LogP contribution in [0, 0.1) is 0 Å². The van der Waals surface area contributed by atoms with Gasteiger partial charge in [-0.2, -0.15) is 9.36 Å². The molecule has 0 spiro atoms. The Kier molecular flexibility index (Phi) is 3.09. The number of halogens is 1. The van der Waals surface area contributed by atoms with Crippen LogP contribution in [0.4, 0.5) is 11.1 Å². The fraction of sp³-hybridized carbons (Fsp3) is 0.273. The van der Waals surface area contributed by atoms with Crippen LogP contribution >= 0.6 is 27.5 Å². The summed E-state index contributed by atoms with van der Waals surface area (Å²) < 4.78 is 10.7. The van der Waals surface area contributed by atoms with E-state index in [4.69, 9.17) is 10.5 Å². The zero-order chi connectivity index (χ0) is 12.5. The third kappa shape index (κ3) is 2.28. The van der Waals surface area contributed by atoms with E-state index < -0.39 is 0 Å². The molecule has 1 aromatic carbocycles. The smallest absolute Gasteiger partial charge is 0.233 e. The number of aromatic nitrogens is 2. The van der Waals surface area contributed by atoms with Crippen LogP contribution < -0.4 is 15.8 Å². The van der Waals surface area contributed by atoms with Crippen molar-refractivity contribution in [2.45, 2.75) is 13.0 Å². The van der Waals surface area contributed by atoms with Gasteiger partial charge in [-0.1, -0.05) is 15.9 Å². The summed E-state index contributed by atoms with van der Waals surface area (Å²) in [6.07, 6.45) is 0.966. The first-order valence-corrected chi connectivity index (χ1v) is 7.06. The Morgan fingerprint density at radius 2 is 2.39 bits per heavy atom. The molecule has 0 bridgehead atoms. The number of nitrogens with one attached hydrogen (secondary N) is 1. The number of ether oxygens (including phenoxy) is 1. The van der Waals surface area contributed by atoms with E-state index in [1.807, 2.05) is 0 Å². The van der Waals surface area contributed by atoms with E-state index in [-0.39, 0.29) is 0 Å². The zero-order valence-corrected chi connectivity index (χ0v) is 11.8. The van der Waals surface area contributed by atoms with Crippen LogP contribution in [0.1, 0.15) is 11.1 Å². The number of rotatable bonds is 3. The van der Waals surface area contributed by atoms with Crippen LogP contribution in [-0.2, 0) is 13.0 Å². The van der Waals surface area contributed by atoms with Crippen molar-refractivity contribution in [3.05, 3.63) is 27.7 Å². The van der Waals surface area contributed by atoms with E-state index in [9.17, 15) is 0 Å². The molecule has 0 atom stereocenters. The van der Waals surface area contributed by atoms with Gasteiger partial charge in [-0.3, -0.25) is 0 Å². The monoisotopic (exact) mass is 326 g/mol. The molecule has 7 heteroatoms. The molecule has 0 radical (unpaired) electrons.